The fourth-order valence-corrected chi connectivity index (χ4v) is 6.26. The monoisotopic (exact) mass is 656 g/mol. The Morgan fingerprint density at radius 3 is 2.39 bits per heavy atom. The van der Waals surface area contributed by atoms with Crippen LogP contribution in [0.3, 0.4) is 0 Å². The van der Waals surface area contributed by atoms with Crippen molar-refractivity contribution in [3.63, 3.8) is 0 Å². The minimum Gasteiger partial charge on any atom is -0.452 e. The summed E-state index contributed by atoms with van der Waals surface area (Å²) in [5.74, 6) is -2.51. The molecule has 3 amide bonds. The lowest BCUT2D eigenvalue weighted by molar-refractivity contribution is -0.159. The smallest absolute Gasteiger partial charge is 0.307 e. The van der Waals surface area contributed by atoms with Crippen LogP contribution in [0, 0.1) is 5.92 Å². The van der Waals surface area contributed by atoms with Crippen molar-refractivity contribution >= 4 is 50.7 Å². The molecule has 2 aliphatic heterocycles. The van der Waals surface area contributed by atoms with Gasteiger partial charge in [-0.05, 0) is 56.7 Å². The SMILES string of the molecule is CC1NC(=O)C(C(C)C)OC(=O)CCN(S(C)(=O)=O)CCC=Cc2ccc3ccc(nc3c2)C(C)NC(=O)C2CCCN(N2)C1=O. The molecule has 0 saturated carbocycles. The number of fused-ring (bicyclic) bond motifs is 4. The van der Waals surface area contributed by atoms with Crippen LogP contribution in [0.4, 0.5) is 0 Å². The molecule has 5 bridgehead atoms. The number of carbonyl (C=O) groups excluding carboxylic acids is 4. The summed E-state index contributed by atoms with van der Waals surface area (Å²) < 4.78 is 31.6. The van der Waals surface area contributed by atoms with Crippen molar-refractivity contribution in [2.75, 3.05) is 25.9 Å². The van der Waals surface area contributed by atoms with E-state index in [-0.39, 0.29) is 25.4 Å². The van der Waals surface area contributed by atoms with Gasteiger partial charge >= 0.3 is 5.97 Å². The molecule has 4 unspecified atom stereocenters. The third kappa shape index (κ3) is 9.10. The zero-order valence-electron chi connectivity index (χ0n) is 27.0. The molecule has 250 valence electrons. The number of hydrogen-bond donors (Lipinski definition) is 3. The summed E-state index contributed by atoms with van der Waals surface area (Å²) >= 11 is 0. The van der Waals surface area contributed by atoms with Crippen molar-refractivity contribution in [3.8, 4) is 0 Å². The van der Waals surface area contributed by atoms with Crippen LogP contribution in [0.25, 0.3) is 17.0 Å². The number of pyridine rings is 1. The summed E-state index contributed by atoms with van der Waals surface area (Å²) in [4.78, 5) is 57.2. The summed E-state index contributed by atoms with van der Waals surface area (Å²) in [6.45, 7) is 7.16. The Morgan fingerprint density at radius 1 is 0.957 bits per heavy atom. The highest BCUT2D eigenvalue weighted by Crippen LogP contribution is 2.20. The lowest BCUT2D eigenvalue weighted by Gasteiger charge is -2.35. The van der Waals surface area contributed by atoms with E-state index >= 15 is 0 Å². The van der Waals surface area contributed by atoms with Gasteiger partial charge in [-0.15, -0.1) is 0 Å². The molecule has 2 aromatic rings. The third-order valence-corrected chi connectivity index (χ3v) is 9.35. The van der Waals surface area contributed by atoms with Gasteiger partial charge in [-0.25, -0.2) is 18.1 Å². The number of cyclic esters (lactones) is 1. The number of nitrogens with zero attached hydrogens (tertiary/aromatic N) is 3. The van der Waals surface area contributed by atoms with E-state index in [1.807, 2.05) is 49.4 Å². The Kier molecular flexibility index (Phi) is 11.5. The Labute approximate surface area is 270 Å². The first-order chi connectivity index (χ1) is 21.7. The van der Waals surface area contributed by atoms with E-state index in [1.54, 1.807) is 13.8 Å². The molecular weight excluding hydrogens is 612 g/mol. The summed E-state index contributed by atoms with van der Waals surface area (Å²) in [5, 5.41) is 7.89. The number of aromatic nitrogens is 1. The number of hydrogen-bond acceptors (Lipinski definition) is 9. The average Bonchev–Trinajstić information content (AvgIpc) is 3.01. The molecule has 0 aliphatic carbocycles. The van der Waals surface area contributed by atoms with Crippen LogP contribution in [0.2, 0.25) is 0 Å². The van der Waals surface area contributed by atoms with Crippen LogP contribution in [-0.2, 0) is 33.9 Å². The van der Waals surface area contributed by atoms with E-state index in [2.05, 4.69) is 16.1 Å². The number of amides is 3. The molecule has 0 spiro atoms. The van der Waals surface area contributed by atoms with Gasteiger partial charge in [0.1, 0.15) is 12.1 Å². The highest BCUT2D eigenvalue weighted by molar-refractivity contribution is 7.88. The molecule has 4 atom stereocenters. The van der Waals surface area contributed by atoms with Crippen molar-refractivity contribution in [2.45, 2.75) is 77.6 Å². The topological polar surface area (TPSA) is 167 Å². The molecule has 0 radical (unpaired) electrons. The lowest BCUT2D eigenvalue weighted by Crippen LogP contribution is -2.61. The van der Waals surface area contributed by atoms with E-state index < -0.39 is 58.0 Å². The highest BCUT2D eigenvalue weighted by atomic mass is 32.2. The standard InChI is InChI=1S/C32H44N6O7S/c1-20(2)29-31(41)34-22(4)32(42)38-17-8-10-26(36-38)30(40)33-21(3)25-14-13-24-12-11-23(19-27(24)35-25)9-6-7-16-37(46(5,43)44)18-15-28(39)45-29/h6,9,11-14,19-22,26,29,36H,7-8,10,15-18H2,1-5H3,(H,33,40)(H,34,41). The number of carbonyl (C=O) groups is 4. The Bertz CT molecular complexity index is 1590. The van der Waals surface area contributed by atoms with Crippen molar-refractivity contribution in [1.82, 2.24) is 30.4 Å². The average molecular weight is 657 g/mol. The second-order valence-electron chi connectivity index (χ2n) is 12.2. The van der Waals surface area contributed by atoms with E-state index in [9.17, 15) is 27.6 Å². The Balaban J connectivity index is 1.61. The fourth-order valence-electron chi connectivity index (χ4n) is 5.40. The molecule has 14 heteroatoms. The van der Waals surface area contributed by atoms with Gasteiger partial charge < -0.3 is 15.4 Å². The zero-order valence-corrected chi connectivity index (χ0v) is 27.8. The summed E-state index contributed by atoms with van der Waals surface area (Å²) in [5.41, 5.74) is 5.29. The van der Waals surface area contributed by atoms with Crippen LogP contribution >= 0.6 is 0 Å². The van der Waals surface area contributed by atoms with E-state index in [0.717, 1.165) is 22.7 Å². The Hall–Kier alpha value is -3.88. The maximum atomic E-state index is 13.3. The predicted molar refractivity (Wildman–Crippen MR) is 173 cm³/mol. The van der Waals surface area contributed by atoms with Crippen LogP contribution in [0.1, 0.15) is 70.7 Å². The zero-order chi connectivity index (χ0) is 33.6. The van der Waals surface area contributed by atoms with E-state index in [1.165, 1.54) is 16.2 Å². The molecule has 3 heterocycles. The summed E-state index contributed by atoms with van der Waals surface area (Å²) in [7, 11) is -3.62. The molecule has 1 aromatic heterocycles. The number of hydrazine groups is 1. The molecule has 1 fully saturated rings. The largest absolute Gasteiger partial charge is 0.452 e. The first kappa shape index (κ1) is 35.0. The van der Waals surface area contributed by atoms with Crippen molar-refractivity contribution in [1.29, 1.82) is 0 Å². The van der Waals surface area contributed by atoms with Gasteiger partial charge in [0, 0.05) is 25.0 Å². The number of nitrogens with one attached hydrogen (secondary N) is 3. The molecule has 2 aliphatic rings. The molecular formula is C32H44N6O7S. The quantitative estimate of drug-likeness (QED) is 0.410. The van der Waals surface area contributed by atoms with Gasteiger partial charge in [-0.1, -0.05) is 44.2 Å². The second-order valence-corrected chi connectivity index (χ2v) is 14.2. The first-order valence-electron chi connectivity index (χ1n) is 15.6. The Morgan fingerprint density at radius 2 is 1.67 bits per heavy atom. The first-order valence-corrected chi connectivity index (χ1v) is 17.5. The van der Waals surface area contributed by atoms with E-state index in [4.69, 9.17) is 9.72 Å². The molecule has 1 aromatic carbocycles. The van der Waals surface area contributed by atoms with Crippen LogP contribution in [0.15, 0.2) is 36.4 Å². The molecule has 13 nitrogen and oxygen atoms in total. The van der Waals surface area contributed by atoms with Crippen LogP contribution in [-0.4, -0.2) is 90.5 Å². The molecule has 1 saturated heterocycles. The summed E-state index contributed by atoms with van der Waals surface area (Å²) in [6.07, 6.45) is 4.87. The van der Waals surface area contributed by atoms with Gasteiger partial charge in [0.25, 0.3) is 11.8 Å². The van der Waals surface area contributed by atoms with Gasteiger partial charge in [0.2, 0.25) is 15.9 Å². The third-order valence-electron chi connectivity index (χ3n) is 8.05. The number of benzene rings is 1. The number of sulfonamides is 1. The van der Waals surface area contributed by atoms with Crippen molar-refractivity contribution < 1.29 is 32.3 Å². The minimum atomic E-state index is -3.62. The van der Waals surface area contributed by atoms with Gasteiger partial charge in [0.15, 0.2) is 6.10 Å². The van der Waals surface area contributed by atoms with Crippen LogP contribution in [0.5, 0.6) is 0 Å². The molecule has 4 rings (SSSR count). The van der Waals surface area contributed by atoms with Crippen LogP contribution < -0.4 is 16.1 Å². The number of rotatable bonds is 2. The van der Waals surface area contributed by atoms with Crippen molar-refractivity contribution in [2.24, 2.45) is 5.92 Å². The normalized spacial score (nSPS) is 25.2. The van der Waals surface area contributed by atoms with Crippen molar-refractivity contribution in [3.05, 3.63) is 47.7 Å². The maximum absolute atomic E-state index is 13.3. The van der Waals surface area contributed by atoms with E-state index in [0.29, 0.717) is 31.5 Å². The maximum Gasteiger partial charge on any atom is 0.307 e. The minimum absolute atomic E-state index is 0.109. The fraction of sp³-hybridized carbons (Fsp3) is 0.531. The molecule has 46 heavy (non-hydrogen) atoms. The predicted octanol–water partition coefficient (Wildman–Crippen LogP) is 2.05. The molecule has 3 N–H and O–H groups in total. The van der Waals surface area contributed by atoms with Gasteiger partial charge in [-0.2, -0.15) is 0 Å². The lowest BCUT2D eigenvalue weighted by atomic mass is 10.1. The summed E-state index contributed by atoms with van der Waals surface area (Å²) in [6, 6.07) is 7.56. The number of esters is 1. The van der Waals surface area contributed by atoms with Gasteiger partial charge in [0.05, 0.1) is 29.9 Å². The highest BCUT2D eigenvalue weighted by Gasteiger charge is 2.34. The van der Waals surface area contributed by atoms with Gasteiger partial charge in [-0.3, -0.25) is 29.2 Å². The second kappa shape index (κ2) is 15.1. The number of ether oxygens (including phenoxy) is 1.